The van der Waals surface area contributed by atoms with Crippen molar-refractivity contribution in [3.05, 3.63) is 66.1 Å². The summed E-state index contributed by atoms with van der Waals surface area (Å²) in [4.78, 5) is 14.7. The molecule has 7 heteroatoms. The molecule has 0 aliphatic carbocycles. The van der Waals surface area contributed by atoms with Gasteiger partial charge in [0.1, 0.15) is 11.6 Å². The Labute approximate surface area is 187 Å². The van der Waals surface area contributed by atoms with Crippen LogP contribution in [0, 0.1) is 11.7 Å². The van der Waals surface area contributed by atoms with Crippen LogP contribution in [0.2, 0.25) is 0 Å². The van der Waals surface area contributed by atoms with Crippen LogP contribution in [0.1, 0.15) is 31.2 Å². The molecule has 3 aromatic rings. The van der Waals surface area contributed by atoms with E-state index in [2.05, 4.69) is 20.4 Å². The second-order valence-corrected chi connectivity index (χ2v) is 8.31. The molecule has 2 aromatic carbocycles. The number of methoxy groups -OCH3 is 1. The van der Waals surface area contributed by atoms with Crippen LogP contribution in [0.15, 0.2) is 54.7 Å². The minimum absolute atomic E-state index is 0.135. The molecule has 0 bridgehead atoms. The summed E-state index contributed by atoms with van der Waals surface area (Å²) in [6, 6.07) is 14.2. The Hall–Kier alpha value is -3.19. The number of nitrogens with one attached hydrogen (secondary N) is 2. The normalized spacial score (nSPS) is 16.6. The highest BCUT2D eigenvalue weighted by atomic mass is 19.1. The number of aromatic nitrogens is 2. The molecule has 0 unspecified atom stereocenters. The zero-order valence-electron chi connectivity index (χ0n) is 18.3. The van der Waals surface area contributed by atoms with Crippen LogP contribution in [-0.4, -0.2) is 41.2 Å². The second-order valence-electron chi connectivity index (χ2n) is 8.31. The number of piperidine rings is 1. The van der Waals surface area contributed by atoms with Gasteiger partial charge in [0, 0.05) is 30.6 Å². The van der Waals surface area contributed by atoms with E-state index < -0.39 is 5.82 Å². The van der Waals surface area contributed by atoms with Gasteiger partial charge in [-0.1, -0.05) is 12.1 Å². The maximum absolute atomic E-state index is 13.7. The van der Waals surface area contributed by atoms with Gasteiger partial charge >= 0.3 is 0 Å². The Morgan fingerprint density at radius 1 is 1.25 bits per heavy atom. The number of ether oxygens (including phenoxy) is 1. The third-order valence-corrected chi connectivity index (χ3v) is 6.02. The molecule has 1 aliphatic rings. The molecule has 0 spiro atoms. The van der Waals surface area contributed by atoms with Gasteiger partial charge in [0.25, 0.3) is 0 Å². The number of anilines is 1. The molecule has 0 radical (unpaired) electrons. The molecule has 4 rings (SSSR count). The maximum atomic E-state index is 13.7. The Balaban J connectivity index is 1.30. The summed E-state index contributed by atoms with van der Waals surface area (Å²) in [6.07, 6.45) is 5.31. The van der Waals surface area contributed by atoms with Crippen molar-refractivity contribution in [2.75, 3.05) is 25.5 Å². The van der Waals surface area contributed by atoms with Gasteiger partial charge in [-0.05, 0) is 68.1 Å². The SMILES string of the molecule is COc1ccc(-c2[nH]ncc2CN2CCC[C@H](CCC(=O)Nc3ccccc3F)C2)cc1. The Morgan fingerprint density at radius 2 is 2.06 bits per heavy atom. The Morgan fingerprint density at radius 3 is 2.84 bits per heavy atom. The monoisotopic (exact) mass is 436 g/mol. The van der Waals surface area contributed by atoms with Crippen LogP contribution < -0.4 is 10.1 Å². The van der Waals surface area contributed by atoms with Crippen molar-refractivity contribution in [3.63, 3.8) is 0 Å². The van der Waals surface area contributed by atoms with Gasteiger partial charge in [0.15, 0.2) is 0 Å². The summed E-state index contributed by atoms with van der Waals surface area (Å²) >= 11 is 0. The molecule has 1 fully saturated rings. The van der Waals surface area contributed by atoms with E-state index in [1.807, 2.05) is 30.5 Å². The summed E-state index contributed by atoms with van der Waals surface area (Å²) in [7, 11) is 1.66. The number of likely N-dealkylation sites (tertiary alicyclic amines) is 1. The molecule has 1 amide bonds. The van der Waals surface area contributed by atoms with E-state index in [1.54, 1.807) is 25.3 Å². The number of aromatic amines is 1. The first kappa shape index (κ1) is 22.0. The fourth-order valence-corrected chi connectivity index (χ4v) is 4.32. The number of benzene rings is 2. The molecule has 1 atom stereocenters. The number of nitrogens with zero attached hydrogens (tertiary/aromatic N) is 2. The van der Waals surface area contributed by atoms with Gasteiger partial charge in [-0.25, -0.2) is 4.39 Å². The van der Waals surface area contributed by atoms with E-state index >= 15 is 0 Å². The summed E-state index contributed by atoms with van der Waals surface area (Å²) in [6.45, 7) is 2.79. The van der Waals surface area contributed by atoms with Gasteiger partial charge in [-0.15, -0.1) is 0 Å². The van der Waals surface area contributed by atoms with Crippen LogP contribution in [0.3, 0.4) is 0 Å². The number of amides is 1. The lowest BCUT2D eigenvalue weighted by Crippen LogP contribution is -2.35. The fraction of sp³-hybridized carbons (Fsp3) is 0.360. The largest absolute Gasteiger partial charge is 0.497 e. The average molecular weight is 437 g/mol. The molecule has 6 nitrogen and oxygen atoms in total. The molecule has 168 valence electrons. The van der Waals surface area contributed by atoms with E-state index in [0.717, 1.165) is 61.5 Å². The lowest BCUT2D eigenvalue weighted by Gasteiger charge is -2.32. The second kappa shape index (κ2) is 10.4. The van der Waals surface area contributed by atoms with Gasteiger partial charge < -0.3 is 10.1 Å². The number of para-hydroxylation sites is 1. The van der Waals surface area contributed by atoms with Gasteiger partial charge in [0.05, 0.1) is 24.7 Å². The van der Waals surface area contributed by atoms with Gasteiger partial charge in [-0.3, -0.25) is 14.8 Å². The molecular formula is C25H29FN4O2. The minimum Gasteiger partial charge on any atom is -0.497 e. The van der Waals surface area contributed by atoms with Gasteiger partial charge in [-0.2, -0.15) is 5.10 Å². The van der Waals surface area contributed by atoms with Crippen molar-refractivity contribution in [1.29, 1.82) is 0 Å². The number of hydrogen-bond acceptors (Lipinski definition) is 4. The Kier molecular flexibility index (Phi) is 7.17. The van der Waals surface area contributed by atoms with Crippen molar-refractivity contribution in [2.45, 2.75) is 32.2 Å². The number of rotatable bonds is 8. The molecule has 1 aromatic heterocycles. The third-order valence-electron chi connectivity index (χ3n) is 6.02. The van der Waals surface area contributed by atoms with Crippen molar-refractivity contribution in [2.24, 2.45) is 5.92 Å². The van der Waals surface area contributed by atoms with Crippen LogP contribution in [-0.2, 0) is 11.3 Å². The quantitative estimate of drug-likeness (QED) is 0.529. The van der Waals surface area contributed by atoms with Gasteiger partial charge in [0.2, 0.25) is 5.91 Å². The average Bonchev–Trinajstić information content (AvgIpc) is 3.27. The van der Waals surface area contributed by atoms with Crippen molar-refractivity contribution in [1.82, 2.24) is 15.1 Å². The molecule has 2 heterocycles. The Bertz CT molecular complexity index is 1030. The predicted octanol–water partition coefficient (Wildman–Crippen LogP) is 4.86. The first-order valence-corrected chi connectivity index (χ1v) is 11.1. The standard InChI is InChI=1S/C25H29FN4O2/c1-32-21-11-9-19(10-12-21)25-20(15-27-29-25)17-30-14-4-5-18(16-30)8-13-24(31)28-23-7-3-2-6-22(23)26/h2-3,6-7,9-12,15,18H,4-5,8,13-14,16-17H2,1H3,(H,27,29)(H,28,31)/t18-/m1/s1. The highest BCUT2D eigenvalue weighted by Crippen LogP contribution is 2.27. The predicted molar refractivity (Wildman–Crippen MR) is 123 cm³/mol. The van der Waals surface area contributed by atoms with E-state index in [4.69, 9.17) is 4.74 Å². The fourth-order valence-electron chi connectivity index (χ4n) is 4.32. The van der Waals surface area contributed by atoms with Crippen LogP contribution >= 0.6 is 0 Å². The first-order chi connectivity index (χ1) is 15.6. The van der Waals surface area contributed by atoms with E-state index in [0.29, 0.717) is 12.3 Å². The highest BCUT2D eigenvalue weighted by molar-refractivity contribution is 5.90. The topological polar surface area (TPSA) is 70.2 Å². The third kappa shape index (κ3) is 5.53. The number of hydrogen-bond donors (Lipinski definition) is 2. The van der Waals surface area contributed by atoms with Crippen molar-refractivity contribution >= 4 is 11.6 Å². The number of halogens is 1. The van der Waals surface area contributed by atoms with E-state index in [1.165, 1.54) is 6.07 Å². The molecular weight excluding hydrogens is 407 g/mol. The number of carbonyl (C=O) groups is 1. The van der Waals surface area contributed by atoms with Crippen molar-refractivity contribution in [3.8, 4) is 17.0 Å². The molecule has 1 aliphatic heterocycles. The number of carbonyl (C=O) groups excluding carboxylic acids is 1. The smallest absolute Gasteiger partial charge is 0.224 e. The minimum atomic E-state index is -0.405. The molecule has 0 saturated carbocycles. The lowest BCUT2D eigenvalue weighted by atomic mass is 9.93. The number of H-pyrrole nitrogens is 1. The maximum Gasteiger partial charge on any atom is 0.224 e. The zero-order valence-corrected chi connectivity index (χ0v) is 18.3. The summed E-state index contributed by atoms with van der Waals surface area (Å²) in [5.74, 6) is 0.737. The van der Waals surface area contributed by atoms with Crippen LogP contribution in [0.4, 0.5) is 10.1 Å². The summed E-state index contributed by atoms with van der Waals surface area (Å²) < 4.78 is 19.0. The van der Waals surface area contributed by atoms with Crippen LogP contribution in [0.5, 0.6) is 5.75 Å². The lowest BCUT2D eigenvalue weighted by molar-refractivity contribution is -0.116. The van der Waals surface area contributed by atoms with E-state index in [9.17, 15) is 9.18 Å². The molecule has 32 heavy (non-hydrogen) atoms. The zero-order chi connectivity index (χ0) is 22.3. The molecule has 2 N–H and O–H groups in total. The highest BCUT2D eigenvalue weighted by Gasteiger charge is 2.22. The summed E-state index contributed by atoms with van der Waals surface area (Å²) in [5.41, 5.74) is 3.51. The summed E-state index contributed by atoms with van der Waals surface area (Å²) in [5, 5.41) is 10.1. The first-order valence-electron chi connectivity index (χ1n) is 11.1. The van der Waals surface area contributed by atoms with Crippen LogP contribution in [0.25, 0.3) is 11.3 Å². The molecule has 1 saturated heterocycles. The van der Waals surface area contributed by atoms with Crippen molar-refractivity contribution < 1.29 is 13.9 Å². The van der Waals surface area contributed by atoms with E-state index in [-0.39, 0.29) is 11.6 Å².